The van der Waals surface area contributed by atoms with Crippen LogP contribution in [-0.4, -0.2) is 22.1 Å². The van der Waals surface area contributed by atoms with E-state index in [4.69, 9.17) is 5.73 Å². The highest BCUT2D eigenvalue weighted by Crippen LogP contribution is 2.08. The van der Waals surface area contributed by atoms with E-state index >= 15 is 0 Å². The number of aliphatic imine (C=N–C) groups is 1. The quantitative estimate of drug-likeness (QED) is 0.406. The minimum absolute atomic E-state index is 0. The first-order valence-electron chi connectivity index (χ1n) is 7.71. The topological polar surface area (TPSA) is 68.2 Å². The Bertz CT molecular complexity index is 593. The van der Waals surface area contributed by atoms with Crippen LogP contribution in [0.25, 0.3) is 0 Å². The second-order valence-electron chi connectivity index (χ2n) is 5.87. The Hall–Kier alpha value is -1.57. The average Bonchev–Trinajstić information content (AvgIpc) is 2.98. The fraction of sp³-hybridized carbons (Fsp3) is 0.412. The van der Waals surface area contributed by atoms with Crippen LogP contribution in [0.3, 0.4) is 0 Å². The Morgan fingerprint density at radius 2 is 2.13 bits per heavy atom. The molecule has 3 N–H and O–H groups in total. The van der Waals surface area contributed by atoms with Crippen LogP contribution in [0.2, 0.25) is 0 Å². The summed E-state index contributed by atoms with van der Waals surface area (Å²) in [6.45, 7) is 6.67. The van der Waals surface area contributed by atoms with Gasteiger partial charge in [0.15, 0.2) is 5.96 Å². The molecule has 2 rings (SSSR count). The molecule has 0 aliphatic carbocycles. The van der Waals surface area contributed by atoms with Gasteiger partial charge < -0.3 is 15.6 Å². The van der Waals surface area contributed by atoms with Gasteiger partial charge in [0.25, 0.3) is 0 Å². The predicted molar refractivity (Wildman–Crippen MR) is 106 cm³/mol. The van der Waals surface area contributed by atoms with Crippen LogP contribution in [0.5, 0.6) is 0 Å². The molecule has 0 aliphatic heterocycles. The molecule has 1 aromatic carbocycles. The van der Waals surface area contributed by atoms with E-state index in [0.717, 1.165) is 25.1 Å². The van der Waals surface area contributed by atoms with Gasteiger partial charge in [-0.3, -0.25) is 0 Å². The standard InChI is InChI=1S/C17H25N5.HI/c1-14(2)6-7-20-17(18)21-11-15-4-3-5-16(10-15)12-22-9-8-19-13-22;/h3-5,8-10,13-14H,6-7,11-12H2,1-2H3,(H3,18,20,21);1H. The number of benzene rings is 1. The highest BCUT2D eigenvalue weighted by Gasteiger charge is 1.99. The van der Waals surface area contributed by atoms with Crippen LogP contribution < -0.4 is 11.1 Å². The molecule has 126 valence electrons. The maximum atomic E-state index is 5.88. The van der Waals surface area contributed by atoms with Crippen molar-refractivity contribution in [3.8, 4) is 0 Å². The van der Waals surface area contributed by atoms with Crippen molar-refractivity contribution in [1.29, 1.82) is 0 Å². The Balaban J connectivity index is 0.00000264. The lowest BCUT2D eigenvalue weighted by molar-refractivity contribution is 0.576. The molecule has 23 heavy (non-hydrogen) atoms. The van der Waals surface area contributed by atoms with E-state index in [9.17, 15) is 0 Å². The average molecular weight is 427 g/mol. The van der Waals surface area contributed by atoms with Crippen LogP contribution >= 0.6 is 24.0 Å². The fourth-order valence-electron chi connectivity index (χ4n) is 2.14. The fourth-order valence-corrected chi connectivity index (χ4v) is 2.14. The van der Waals surface area contributed by atoms with E-state index in [1.807, 2.05) is 17.1 Å². The van der Waals surface area contributed by atoms with Crippen LogP contribution in [0.15, 0.2) is 48.0 Å². The number of guanidine groups is 1. The van der Waals surface area contributed by atoms with E-state index < -0.39 is 0 Å². The zero-order valence-electron chi connectivity index (χ0n) is 13.8. The molecule has 0 radical (unpaired) electrons. The molecular formula is C17H26IN5. The van der Waals surface area contributed by atoms with Crippen LogP contribution in [0.1, 0.15) is 31.4 Å². The van der Waals surface area contributed by atoms with E-state index in [1.165, 1.54) is 5.56 Å². The SMILES string of the molecule is CC(C)CCNC(N)=NCc1cccc(Cn2ccnc2)c1.I. The summed E-state index contributed by atoms with van der Waals surface area (Å²) < 4.78 is 2.05. The molecule has 2 aromatic rings. The molecule has 0 amide bonds. The number of halogens is 1. The Kier molecular flexibility index (Phi) is 8.68. The molecular weight excluding hydrogens is 401 g/mol. The smallest absolute Gasteiger partial charge is 0.188 e. The normalized spacial score (nSPS) is 11.3. The van der Waals surface area contributed by atoms with Gasteiger partial charge in [0.1, 0.15) is 0 Å². The van der Waals surface area contributed by atoms with Gasteiger partial charge in [-0.05, 0) is 23.5 Å². The maximum absolute atomic E-state index is 5.88. The molecule has 0 spiro atoms. The van der Waals surface area contributed by atoms with Gasteiger partial charge in [-0.25, -0.2) is 9.98 Å². The highest BCUT2D eigenvalue weighted by molar-refractivity contribution is 14.0. The number of aromatic nitrogens is 2. The van der Waals surface area contributed by atoms with Gasteiger partial charge in [-0.15, -0.1) is 24.0 Å². The van der Waals surface area contributed by atoms with Gasteiger partial charge in [0.2, 0.25) is 0 Å². The molecule has 0 aliphatic rings. The maximum Gasteiger partial charge on any atom is 0.188 e. The summed E-state index contributed by atoms with van der Waals surface area (Å²) in [6, 6.07) is 8.39. The summed E-state index contributed by atoms with van der Waals surface area (Å²) in [5, 5.41) is 3.15. The molecule has 5 nitrogen and oxygen atoms in total. The lowest BCUT2D eigenvalue weighted by atomic mass is 10.1. The Labute approximate surface area is 155 Å². The first-order valence-corrected chi connectivity index (χ1v) is 7.71. The van der Waals surface area contributed by atoms with Crippen LogP contribution in [0.4, 0.5) is 0 Å². The zero-order valence-corrected chi connectivity index (χ0v) is 16.1. The lowest BCUT2D eigenvalue weighted by Crippen LogP contribution is -2.32. The molecule has 0 unspecified atom stereocenters. The van der Waals surface area contributed by atoms with Crippen molar-refractivity contribution in [1.82, 2.24) is 14.9 Å². The van der Waals surface area contributed by atoms with E-state index in [2.05, 4.69) is 53.4 Å². The number of hydrogen-bond acceptors (Lipinski definition) is 2. The molecule has 0 fully saturated rings. The number of rotatable bonds is 7. The molecule has 0 bridgehead atoms. The second kappa shape index (κ2) is 10.3. The molecule has 1 aromatic heterocycles. The summed E-state index contributed by atoms with van der Waals surface area (Å²) in [7, 11) is 0. The minimum Gasteiger partial charge on any atom is -0.370 e. The third kappa shape index (κ3) is 7.49. The van der Waals surface area contributed by atoms with E-state index in [0.29, 0.717) is 18.4 Å². The van der Waals surface area contributed by atoms with Crippen LogP contribution in [0, 0.1) is 5.92 Å². The molecule has 0 saturated heterocycles. The first-order chi connectivity index (χ1) is 10.6. The lowest BCUT2D eigenvalue weighted by Gasteiger charge is -2.08. The van der Waals surface area contributed by atoms with Gasteiger partial charge in [0.05, 0.1) is 12.9 Å². The molecule has 0 atom stereocenters. The third-order valence-corrected chi connectivity index (χ3v) is 3.38. The molecule has 1 heterocycles. The van der Waals surface area contributed by atoms with E-state index in [-0.39, 0.29) is 24.0 Å². The van der Waals surface area contributed by atoms with Crippen molar-refractivity contribution in [3.05, 3.63) is 54.1 Å². The zero-order chi connectivity index (χ0) is 15.8. The van der Waals surface area contributed by atoms with Crippen molar-refractivity contribution >= 4 is 29.9 Å². The number of nitrogens with two attached hydrogens (primary N) is 1. The van der Waals surface area contributed by atoms with Gasteiger partial charge in [-0.1, -0.05) is 38.1 Å². The van der Waals surface area contributed by atoms with Crippen molar-refractivity contribution in [2.75, 3.05) is 6.54 Å². The number of nitrogens with one attached hydrogen (secondary N) is 1. The van der Waals surface area contributed by atoms with Crippen molar-refractivity contribution in [3.63, 3.8) is 0 Å². The van der Waals surface area contributed by atoms with Gasteiger partial charge >= 0.3 is 0 Å². The Morgan fingerprint density at radius 3 is 2.83 bits per heavy atom. The highest BCUT2D eigenvalue weighted by atomic mass is 127. The summed E-state index contributed by atoms with van der Waals surface area (Å²) in [5.41, 5.74) is 8.27. The number of imidazole rings is 1. The summed E-state index contributed by atoms with van der Waals surface area (Å²) in [5.74, 6) is 1.18. The van der Waals surface area contributed by atoms with E-state index in [1.54, 1.807) is 6.20 Å². The van der Waals surface area contributed by atoms with Crippen LogP contribution in [-0.2, 0) is 13.1 Å². The number of nitrogens with zero attached hydrogens (tertiary/aromatic N) is 3. The Morgan fingerprint density at radius 1 is 1.35 bits per heavy atom. The van der Waals surface area contributed by atoms with Gasteiger partial charge in [0, 0.05) is 25.5 Å². The van der Waals surface area contributed by atoms with Gasteiger partial charge in [-0.2, -0.15) is 0 Å². The monoisotopic (exact) mass is 427 g/mol. The second-order valence-corrected chi connectivity index (χ2v) is 5.87. The van der Waals surface area contributed by atoms with Crippen molar-refractivity contribution < 1.29 is 0 Å². The summed E-state index contributed by atoms with van der Waals surface area (Å²) in [4.78, 5) is 8.45. The molecule has 6 heteroatoms. The third-order valence-electron chi connectivity index (χ3n) is 3.38. The number of hydrogen-bond donors (Lipinski definition) is 2. The molecule has 0 saturated carbocycles. The van der Waals surface area contributed by atoms with Crippen molar-refractivity contribution in [2.24, 2.45) is 16.6 Å². The summed E-state index contributed by atoms with van der Waals surface area (Å²) >= 11 is 0. The predicted octanol–water partition coefficient (Wildman–Crippen LogP) is 3.00. The largest absolute Gasteiger partial charge is 0.370 e. The minimum atomic E-state index is 0. The first kappa shape index (κ1) is 19.5. The van der Waals surface area contributed by atoms with Crippen molar-refractivity contribution in [2.45, 2.75) is 33.4 Å². The summed E-state index contributed by atoms with van der Waals surface area (Å²) in [6.07, 6.45) is 6.66.